The van der Waals surface area contributed by atoms with Crippen LogP contribution in [0.4, 0.5) is 0 Å². The maximum atomic E-state index is 12.1. The van der Waals surface area contributed by atoms with Gasteiger partial charge < -0.3 is 10.0 Å². The molecule has 2 saturated carbocycles. The number of carboxylic acids is 1. The van der Waals surface area contributed by atoms with Gasteiger partial charge in [0.25, 0.3) is 0 Å². The molecule has 138 valence electrons. The number of carboxylic acid groups (broad SMARTS) is 1. The number of amidine groups is 1. The zero-order valence-electron chi connectivity index (χ0n) is 13.8. The first-order valence-corrected chi connectivity index (χ1v) is 11.5. The van der Waals surface area contributed by atoms with Gasteiger partial charge in [-0.05, 0) is 31.1 Å². The second kappa shape index (κ2) is 6.26. The van der Waals surface area contributed by atoms with Gasteiger partial charge in [0, 0.05) is 17.7 Å². The third-order valence-electron chi connectivity index (χ3n) is 5.94. The summed E-state index contributed by atoms with van der Waals surface area (Å²) < 4.78 is 24.1. The van der Waals surface area contributed by atoms with E-state index in [1.807, 2.05) is 0 Å². The van der Waals surface area contributed by atoms with Crippen LogP contribution in [0.5, 0.6) is 0 Å². The molecule has 2 heterocycles. The Morgan fingerprint density at radius 1 is 1.16 bits per heavy atom. The molecule has 4 fully saturated rings. The summed E-state index contributed by atoms with van der Waals surface area (Å²) >= 11 is 1.40. The number of nitrogens with zero attached hydrogens (tertiary/aromatic N) is 2. The second-order valence-corrected chi connectivity index (χ2v) is 11.0. The Balaban J connectivity index is 1.57. The van der Waals surface area contributed by atoms with Gasteiger partial charge in [0.1, 0.15) is 0 Å². The van der Waals surface area contributed by atoms with Crippen LogP contribution in [-0.2, 0) is 19.4 Å². The van der Waals surface area contributed by atoms with E-state index >= 15 is 0 Å². The van der Waals surface area contributed by atoms with E-state index in [1.54, 1.807) is 0 Å². The Labute approximate surface area is 151 Å². The lowest BCUT2D eigenvalue weighted by Gasteiger charge is -2.36. The molecule has 4 rings (SSSR count). The molecule has 0 spiro atoms. The number of hydrogen-bond donors (Lipinski definition) is 1. The van der Waals surface area contributed by atoms with E-state index in [0.29, 0.717) is 17.0 Å². The predicted molar refractivity (Wildman–Crippen MR) is 94.2 cm³/mol. The first-order valence-electron chi connectivity index (χ1n) is 8.81. The average molecular weight is 386 g/mol. The monoisotopic (exact) mass is 386 g/mol. The number of carbonyl (C=O) groups is 2. The maximum absolute atomic E-state index is 12.1. The Bertz CT molecular complexity index is 735. The average Bonchev–Trinajstić information content (AvgIpc) is 3.24. The van der Waals surface area contributed by atoms with Crippen molar-refractivity contribution in [1.29, 1.82) is 0 Å². The van der Waals surface area contributed by atoms with Crippen molar-refractivity contribution in [2.24, 2.45) is 16.8 Å². The van der Waals surface area contributed by atoms with Crippen LogP contribution in [0, 0.1) is 11.8 Å². The van der Waals surface area contributed by atoms with Gasteiger partial charge in [0.05, 0.1) is 24.0 Å². The molecule has 4 aliphatic rings. The molecule has 9 heteroatoms. The minimum absolute atomic E-state index is 0.0600. The van der Waals surface area contributed by atoms with Crippen molar-refractivity contribution in [2.75, 3.05) is 11.5 Å². The van der Waals surface area contributed by atoms with E-state index in [-0.39, 0.29) is 41.7 Å². The fourth-order valence-corrected chi connectivity index (χ4v) is 8.90. The predicted octanol–water partition coefficient (Wildman–Crippen LogP) is 1.14. The number of amides is 1. The Hall–Kier alpha value is -1.09. The summed E-state index contributed by atoms with van der Waals surface area (Å²) in [6.07, 6.45) is 4.32. The van der Waals surface area contributed by atoms with Crippen molar-refractivity contribution in [3.8, 4) is 0 Å². The molecule has 0 aromatic heterocycles. The van der Waals surface area contributed by atoms with Crippen LogP contribution < -0.4 is 0 Å². The lowest BCUT2D eigenvalue weighted by Crippen LogP contribution is -2.47. The summed E-state index contributed by atoms with van der Waals surface area (Å²) in [5.74, 6) is 0.109. The van der Waals surface area contributed by atoms with Crippen LogP contribution in [-0.4, -0.2) is 64.3 Å². The van der Waals surface area contributed by atoms with Gasteiger partial charge in [-0.2, -0.15) is 4.99 Å². The zero-order chi connectivity index (χ0) is 17.8. The maximum Gasteiger partial charge on any atom is 0.303 e. The van der Waals surface area contributed by atoms with Crippen LogP contribution in [0.1, 0.15) is 38.5 Å². The molecule has 2 aliphatic carbocycles. The van der Waals surface area contributed by atoms with Crippen molar-refractivity contribution in [2.45, 2.75) is 55.9 Å². The largest absolute Gasteiger partial charge is 0.481 e. The number of fused-ring (bicyclic) bond motifs is 3. The van der Waals surface area contributed by atoms with Gasteiger partial charge in [-0.15, -0.1) is 0 Å². The smallest absolute Gasteiger partial charge is 0.303 e. The van der Waals surface area contributed by atoms with Crippen molar-refractivity contribution < 1.29 is 23.1 Å². The lowest BCUT2D eigenvalue weighted by molar-refractivity contribution is -0.138. The molecule has 2 aliphatic heterocycles. The molecule has 2 saturated heterocycles. The molecule has 25 heavy (non-hydrogen) atoms. The van der Waals surface area contributed by atoms with Crippen molar-refractivity contribution in [3.63, 3.8) is 0 Å². The molecule has 7 nitrogen and oxygen atoms in total. The third-order valence-corrected chi connectivity index (χ3v) is 9.16. The molecule has 0 aromatic carbocycles. The van der Waals surface area contributed by atoms with E-state index in [9.17, 15) is 18.0 Å². The van der Waals surface area contributed by atoms with Crippen LogP contribution in [0.2, 0.25) is 0 Å². The van der Waals surface area contributed by atoms with Crippen LogP contribution in [0.3, 0.4) is 0 Å². The number of sulfone groups is 1. The summed E-state index contributed by atoms with van der Waals surface area (Å²) in [5, 5.41) is 9.29. The fourth-order valence-electron chi connectivity index (χ4n) is 4.91. The van der Waals surface area contributed by atoms with Crippen LogP contribution in [0.15, 0.2) is 4.99 Å². The first kappa shape index (κ1) is 17.3. The minimum Gasteiger partial charge on any atom is -0.481 e. The van der Waals surface area contributed by atoms with E-state index in [0.717, 1.165) is 6.42 Å². The van der Waals surface area contributed by atoms with Crippen molar-refractivity contribution in [1.82, 2.24) is 4.90 Å². The van der Waals surface area contributed by atoms with Gasteiger partial charge in [0.2, 0.25) is 5.91 Å². The summed E-state index contributed by atoms with van der Waals surface area (Å²) in [6.45, 7) is 0. The first-order chi connectivity index (χ1) is 11.8. The number of aliphatic imine (C=N–C) groups is 1. The molecule has 0 aromatic rings. The fraction of sp³-hybridized carbons (Fsp3) is 0.812. The second-order valence-electron chi connectivity index (χ2n) is 7.63. The molecular formula is C16H22N2O5S2. The van der Waals surface area contributed by atoms with Gasteiger partial charge in [-0.25, -0.2) is 8.42 Å². The topological polar surface area (TPSA) is 104 Å². The summed E-state index contributed by atoms with van der Waals surface area (Å²) in [6, 6.07) is 0.186. The number of carbonyl (C=O) groups excluding carboxylic acids is 1. The van der Waals surface area contributed by atoms with Crippen LogP contribution in [0.25, 0.3) is 0 Å². The normalized spacial score (nSPS) is 39.9. The summed E-state index contributed by atoms with van der Waals surface area (Å²) in [5.41, 5.74) is 0. The van der Waals surface area contributed by atoms with E-state index in [2.05, 4.69) is 9.89 Å². The number of hydrogen-bond acceptors (Lipinski definition) is 5. The zero-order valence-corrected chi connectivity index (χ0v) is 15.5. The lowest BCUT2D eigenvalue weighted by atomic mass is 9.93. The molecule has 0 unspecified atom stereocenters. The highest BCUT2D eigenvalue weighted by Crippen LogP contribution is 2.51. The highest BCUT2D eigenvalue weighted by Gasteiger charge is 2.54. The minimum atomic E-state index is -3.03. The van der Waals surface area contributed by atoms with E-state index in [4.69, 9.17) is 5.11 Å². The van der Waals surface area contributed by atoms with Gasteiger partial charge in [0.15, 0.2) is 15.0 Å². The Morgan fingerprint density at radius 3 is 2.60 bits per heavy atom. The molecule has 1 amide bonds. The number of rotatable bonds is 4. The number of thioether (sulfide) groups is 1. The molecule has 5 atom stereocenters. The third kappa shape index (κ3) is 3.32. The van der Waals surface area contributed by atoms with Gasteiger partial charge in [-0.1, -0.05) is 18.2 Å². The molecule has 0 radical (unpaired) electrons. The quantitative estimate of drug-likeness (QED) is 0.772. The van der Waals surface area contributed by atoms with Gasteiger partial charge in [-0.3, -0.25) is 9.59 Å². The van der Waals surface area contributed by atoms with E-state index in [1.165, 1.54) is 31.0 Å². The van der Waals surface area contributed by atoms with Crippen molar-refractivity contribution >= 4 is 38.6 Å². The van der Waals surface area contributed by atoms with Crippen LogP contribution >= 0.6 is 11.8 Å². The standard InChI is InChI=1S/C16H22N2O5S2/c19-14(3-4-15(20)21)17-16-18(11-6-9-1-2-10(11)5-9)12-7-25(22,23)8-13(12)24-16/h9-13H,1-8H2,(H,20,21)/t9-,10-,11-,12+,13+/m0/s1. The number of aliphatic carboxylic acids is 1. The summed E-state index contributed by atoms with van der Waals surface area (Å²) in [4.78, 5) is 29.0. The molecular weight excluding hydrogens is 364 g/mol. The summed E-state index contributed by atoms with van der Waals surface area (Å²) in [7, 11) is -3.03. The Morgan fingerprint density at radius 2 is 1.96 bits per heavy atom. The highest BCUT2D eigenvalue weighted by atomic mass is 32.2. The molecule has 1 N–H and O–H groups in total. The Kier molecular flexibility index (Phi) is 4.34. The van der Waals surface area contributed by atoms with E-state index < -0.39 is 21.7 Å². The highest BCUT2D eigenvalue weighted by molar-refractivity contribution is 8.15. The van der Waals surface area contributed by atoms with Gasteiger partial charge >= 0.3 is 5.97 Å². The SMILES string of the molecule is O=C(O)CCC(=O)N=C1S[C@@H]2CS(=O)(=O)C[C@H]2N1[C@H]1C[C@H]2CC[C@H]1C2. The molecule has 2 bridgehead atoms. The van der Waals surface area contributed by atoms with Crippen molar-refractivity contribution in [3.05, 3.63) is 0 Å².